The Bertz CT molecular complexity index is 1120. The molecule has 0 saturated heterocycles. The normalized spacial score (nSPS) is 10.5. The van der Waals surface area contributed by atoms with Crippen molar-refractivity contribution in [3.8, 4) is 22.6 Å². The molecule has 2 aromatic heterocycles. The number of hydrogen-bond acceptors (Lipinski definition) is 6. The summed E-state index contributed by atoms with van der Waals surface area (Å²) in [4.78, 5) is 32.1. The average molecular weight is 402 g/mol. The van der Waals surface area contributed by atoms with Gasteiger partial charge in [0.15, 0.2) is 17.5 Å². The Morgan fingerprint density at radius 3 is 2.10 bits per heavy atom. The van der Waals surface area contributed by atoms with E-state index in [0.717, 1.165) is 19.2 Å². The Morgan fingerprint density at radius 2 is 1.41 bits per heavy atom. The number of nitrogens with zero attached hydrogens (tertiary/aromatic N) is 2. The molecule has 0 N–H and O–H groups in total. The zero-order valence-electron chi connectivity index (χ0n) is 15.2. The van der Waals surface area contributed by atoms with Crippen LogP contribution in [-0.2, 0) is 9.47 Å². The van der Waals surface area contributed by atoms with Crippen molar-refractivity contribution in [3.63, 3.8) is 0 Å². The molecule has 6 nitrogen and oxygen atoms in total. The van der Waals surface area contributed by atoms with Crippen LogP contribution in [0, 0.1) is 17.5 Å². The van der Waals surface area contributed by atoms with Crippen molar-refractivity contribution in [2.75, 3.05) is 14.2 Å². The minimum absolute atomic E-state index is 0.0260. The van der Waals surface area contributed by atoms with E-state index >= 15 is 0 Å². The molecule has 0 radical (unpaired) electrons. The van der Waals surface area contributed by atoms with Crippen LogP contribution in [0.1, 0.15) is 20.7 Å². The summed E-state index contributed by atoms with van der Waals surface area (Å²) in [6, 6.07) is 7.01. The van der Waals surface area contributed by atoms with Crippen LogP contribution in [0.4, 0.5) is 13.2 Å². The zero-order valence-corrected chi connectivity index (χ0v) is 15.2. The van der Waals surface area contributed by atoms with E-state index in [2.05, 4.69) is 19.4 Å². The first kappa shape index (κ1) is 20.0. The number of pyridine rings is 2. The van der Waals surface area contributed by atoms with Gasteiger partial charge in [0.25, 0.3) is 0 Å². The fraction of sp³-hybridized carbons (Fsp3) is 0.100. The van der Waals surface area contributed by atoms with Gasteiger partial charge in [-0.2, -0.15) is 0 Å². The van der Waals surface area contributed by atoms with Gasteiger partial charge in [0.1, 0.15) is 0 Å². The van der Waals surface area contributed by atoms with Crippen molar-refractivity contribution in [3.05, 3.63) is 71.2 Å². The van der Waals surface area contributed by atoms with Crippen LogP contribution in [0.15, 0.2) is 42.6 Å². The van der Waals surface area contributed by atoms with Crippen LogP contribution in [0.5, 0.6) is 0 Å². The second-order valence-corrected chi connectivity index (χ2v) is 5.76. The van der Waals surface area contributed by atoms with E-state index in [0.29, 0.717) is 0 Å². The number of rotatable bonds is 4. The zero-order chi connectivity index (χ0) is 21.1. The molecule has 9 heteroatoms. The number of benzene rings is 1. The van der Waals surface area contributed by atoms with Crippen molar-refractivity contribution >= 4 is 11.9 Å². The highest BCUT2D eigenvalue weighted by Crippen LogP contribution is 2.28. The molecule has 29 heavy (non-hydrogen) atoms. The second-order valence-electron chi connectivity index (χ2n) is 5.76. The topological polar surface area (TPSA) is 78.4 Å². The van der Waals surface area contributed by atoms with Crippen LogP contribution in [0.3, 0.4) is 0 Å². The number of hydrogen-bond donors (Lipinski definition) is 0. The van der Waals surface area contributed by atoms with Crippen LogP contribution in [-0.4, -0.2) is 36.1 Å². The standard InChI is InChI=1S/C20H13F3N2O4/c1-28-19(26)10-5-6-24-15(7-10)16-9-11(20(27)29-2)8-14(25-16)12-3-4-13(21)18(23)17(12)22/h3-9H,1-2H3. The third kappa shape index (κ3) is 3.93. The minimum Gasteiger partial charge on any atom is -0.465 e. The first-order valence-corrected chi connectivity index (χ1v) is 8.14. The molecule has 0 saturated carbocycles. The Hall–Kier alpha value is -3.75. The third-order valence-electron chi connectivity index (χ3n) is 4.00. The van der Waals surface area contributed by atoms with E-state index in [9.17, 15) is 22.8 Å². The summed E-state index contributed by atoms with van der Waals surface area (Å²) in [6.45, 7) is 0. The molecule has 0 fully saturated rings. The Kier molecular flexibility index (Phi) is 5.58. The molecule has 1 aromatic carbocycles. The number of methoxy groups -OCH3 is 2. The monoisotopic (exact) mass is 402 g/mol. The highest BCUT2D eigenvalue weighted by Gasteiger charge is 2.19. The Balaban J connectivity index is 2.22. The molecule has 0 bridgehead atoms. The summed E-state index contributed by atoms with van der Waals surface area (Å²) in [6.07, 6.45) is 1.33. The maximum Gasteiger partial charge on any atom is 0.338 e. The number of ether oxygens (including phenoxy) is 2. The van der Waals surface area contributed by atoms with Crippen molar-refractivity contribution < 1.29 is 32.2 Å². The predicted molar refractivity (Wildman–Crippen MR) is 95.5 cm³/mol. The molecule has 3 rings (SSSR count). The largest absolute Gasteiger partial charge is 0.465 e. The van der Waals surface area contributed by atoms with Gasteiger partial charge >= 0.3 is 11.9 Å². The second kappa shape index (κ2) is 8.09. The van der Waals surface area contributed by atoms with E-state index in [1.807, 2.05) is 0 Å². The molecular formula is C20H13F3N2O4. The van der Waals surface area contributed by atoms with Crippen molar-refractivity contribution in [2.24, 2.45) is 0 Å². The molecule has 2 heterocycles. The molecule has 0 unspecified atom stereocenters. The molecule has 0 spiro atoms. The van der Waals surface area contributed by atoms with Crippen LogP contribution < -0.4 is 0 Å². The minimum atomic E-state index is -1.67. The summed E-state index contributed by atoms with van der Waals surface area (Å²) < 4.78 is 50.5. The quantitative estimate of drug-likeness (QED) is 0.488. The average Bonchev–Trinajstić information content (AvgIpc) is 2.76. The van der Waals surface area contributed by atoms with E-state index in [1.165, 1.54) is 37.6 Å². The van der Waals surface area contributed by atoms with E-state index in [-0.39, 0.29) is 33.8 Å². The van der Waals surface area contributed by atoms with E-state index in [4.69, 9.17) is 0 Å². The van der Waals surface area contributed by atoms with Crippen LogP contribution >= 0.6 is 0 Å². The summed E-state index contributed by atoms with van der Waals surface area (Å²) in [5.41, 5.74) is -0.115. The van der Waals surface area contributed by atoms with Gasteiger partial charge in [0, 0.05) is 11.8 Å². The molecule has 0 aliphatic heterocycles. The SMILES string of the molecule is COC(=O)c1ccnc(-c2cc(C(=O)OC)cc(-c3ccc(F)c(F)c3F)n2)c1. The predicted octanol–water partition coefficient (Wildman–Crippen LogP) is 3.80. The molecule has 3 aromatic rings. The first-order chi connectivity index (χ1) is 13.8. The third-order valence-corrected chi connectivity index (χ3v) is 4.00. The lowest BCUT2D eigenvalue weighted by Crippen LogP contribution is -2.06. The number of halogens is 3. The first-order valence-electron chi connectivity index (χ1n) is 8.14. The molecule has 148 valence electrons. The van der Waals surface area contributed by atoms with Crippen LogP contribution in [0.25, 0.3) is 22.6 Å². The van der Waals surface area contributed by atoms with Gasteiger partial charge in [-0.3, -0.25) is 4.98 Å². The van der Waals surface area contributed by atoms with E-state index < -0.39 is 29.4 Å². The van der Waals surface area contributed by atoms with Crippen molar-refractivity contribution in [2.45, 2.75) is 0 Å². The smallest absolute Gasteiger partial charge is 0.338 e. The van der Waals surface area contributed by atoms with Crippen molar-refractivity contribution in [1.82, 2.24) is 9.97 Å². The van der Waals surface area contributed by atoms with Gasteiger partial charge in [-0.15, -0.1) is 0 Å². The summed E-state index contributed by atoms with van der Waals surface area (Å²) in [5.74, 6) is -5.86. The maximum atomic E-state index is 14.3. The highest BCUT2D eigenvalue weighted by atomic mass is 19.2. The number of carbonyl (C=O) groups excluding carboxylic acids is 2. The fourth-order valence-electron chi connectivity index (χ4n) is 2.57. The summed E-state index contributed by atoms with van der Waals surface area (Å²) in [7, 11) is 2.36. The maximum absolute atomic E-state index is 14.3. The highest BCUT2D eigenvalue weighted by molar-refractivity contribution is 5.93. The summed E-state index contributed by atoms with van der Waals surface area (Å²) >= 11 is 0. The molecule has 0 aliphatic rings. The molecular weight excluding hydrogens is 389 g/mol. The molecule has 0 aliphatic carbocycles. The lowest BCUT2D eigenvalue weighted by atomic mass is 10.1. The molecule has 0 amide bonds. The van der Waals surface area contributed by atoms with Crippen LogP contribution in [0.2, 0.25) is 0 Å². The lowest BCUT2D eigenvalue weighted by Gasteiger charge is -2.10. The Morgan fingerprint density at radius 1 is 0.793 bits per heavy atom. The fourth-order valence-corrected chi connectivity index (χ4v) is 2.57. The lowest BCUT2D eigenvalue weighted by molar-refractivity contribution is 0.0591. The summed E-state index contributed by atoms with van der Waals surface area (Å²) in [5, 5.41) is 0. The Labute approximate surface area is 162 Å². The van der Waals surface area contributed by atoms with Gasteiger partial charge < -0.3 is 9.47 Å². The number of carbonyl (C=O) groups is 2. The van der Waals surface area contributed by atoms with Gasteiger partial charge in [0.2, 0.25) is 0 Å². The van der Waals surface area contributed by atoms with E-state index in [1.54, 1.807) is 0 Å². The van der Waals surface area contributed by atoms with Gasteiger partial charge in [-0.1, -0.05) is 0 Å². The molecule has 0 atom stereocenters. The van der Waals surface area contributed by atoms with Crippen molar-refractivity contribution in [1.29, 1.82) is 0 Å². The number of aromatic nitrogens is 2. The van der Waals surface area contributed by atoms with Gasteiger partial charge in [-0.05, 0) is 36.4 Å². The van der Waals surface area contributed by atoms with Gasteiger partial charge in [-0.25, -0.2) is 27.7 Å². The van der Waals surface area contributed by atoms with Gasteiger partial charge in [0.05, 0.1) is 42.4 Å². The number of esters is 2.